The summed E-state index contributed by atoms with van der Waals surface area (Å²) in [7, 11) is 3.18. The van der Waals surface area contributed by atoms with Gasteiger partial charge in [-0.25, -0.2) is 4.98 Å². The van der Waals surface area contributed by atoms with E-state index in [9.17, 15) is 4.79 Å². The van der Waals surface area contributed by atoms with Crippen LogP contribution in [0.1, 0.15) is 11.3 Å². The van der Waals surface area contributed by atoms with Crippen LogP contribution in [-0.2, 0) is 11.3 Å². The number of fused-ring (bicyclic) bond motifs is 1. The number of carbonyl (C=O) groups excluding carboxylic acids is 1. The van der Waals surface area contributed by atoms with Crippen LogP contribution in [0, 0.1) is 0 Å². The number of aromatic nitrogens is 2. The summed E-state index contributed by atoms with van der Waals surface area (Å²) < 4.78 is 10.5. The molecular weight excluding hydrogens is 330 g/mol. The molecule has 0 saturated carbocycles. The quantitative estimate of drug-likeness (QED) is 0.693. The van der Waals surface area contributed by atoms with Crippen LogP contribution >= 0.6 is 0 Å². The SMILES string of the molecule is COc1ccc(CNC(=O)/C=C/c2cnc3ccccc3n2)c(OC)c1. The van der Waals surface area contributed by atoms with Gasteiger partial charge in [-0.15, -0.1) is 0 Å². The van der Waals surface area contributed by atoms with Gasteiger partial charge in [0, 0.05) is 24.3 Å². The number of amides is 1. The van der Waals surface area contributed by atoms with Gasteiger partial charge in [-0.3, -0.25) is 9.78 Å². The third kappa shape index (κ3) is 4.16. The lowest BCUT2D eigenvalue weighted by Gasteiger charge is -2.10. The van der Waals surface area contributed by atoms with Gasteiger partial charge in [0.25, 0.3) is 0 Å². The van der Waals surface area contributed by atoms with Crippen molar-refractivity contribution in [2.75, 3.05) is 14.2 Å². The van der Waals surface area contributed by atoms with Crippen molar-refractivity contribution >= 4 is 23.0 Å². The van der Waals surface area contributed by atoms with E-state index in [0.29, 0.717) is 23.7 Å². The molecule has 0 aliphatic carbocycles. The van der Waals surface area contributed by atoms with Crippen molar-refractivity contribution in [1.29, 1.82) is 0 Å². The van der Waals surface area contributed by atoms with E-state index in [1.807, 2.05) is 36.4 Å². The Hall–Kier alpha value is -3.41. The first kappa shape index (κ1) is 17.4. The molecule has 6 nitrogen and oxygen atoms in total. The molecule has 1 heterocycles. The maximum Gasteiger partial charge on any atom is 0.244 e. The molecule has 0 bridgehead atoms. The second-order valence-corrected chi connectivity index (χ2v) is 5.51. The van der Waals surface area contributed by atoms with Gasteiger partial charge in [0.2, 0.25) is 5.91 Å². The number of rotatable bonds is 6. The largest absolute Gasteiger partial charge is 0.497 e. The second-order valence-electron chi connectivity index (χ2n) is 5.51. The van der Waals surface area contributed by atoms with Crippen molar-refractivity contribution in [3.05, 3.63) is 66.0 Å². The molecule has 0 atom stereocenters. The summed E-state index contributed by atoms with van der Waals surface area (Å²) in [6.07, 6.45) is 4.72. The number of nitrogens with zero attached hydrogens (tertiary/aromatic N) is 2. The van der Waals surface area contributed by atoms with E-state index >= 15 is 0 Å². The van der Waals surface area contributed by atoms with Crippen molar-refractivity contribution in [1.82, 2.24) is 15.3 Å². The Kier molecular flexibility index (Phi) is 5.43. The fourth-order valence-electron chi connectivity index (χ4n) is 2.45. The predicted molar refractivity (Wildman–Crippen MR) is 100.0 cm³/mol. The summed E-state index contributed by atoms with van der Waals surface area (Å²) in [5.41, 5.74) is 3.10. The molecule has 1 amide bonds. The van der Waals surface area contributed by atoms with E-state index in [0.717, 1.165) is 16.6 Å². The van der Waals surface area contributed by atoms with Crippen molar-refractivity contribution in [2.24, 2.45) is 0 Å². The van der Waals surface area contributed by atoms with Gasteiger partial charge in [0.1, 0.15) is 11.5 Å². The average Bonchev–Trinajstić information content (AvgIpc) is 2.70. The third-order valence-electron chi connectivity index (χ3n) is 3.82. The van der Waals surface area contributed by atoms with E-state index in [4.69, 9.17) is 9.47 Å². The van der Waals surface area contributed by atoms with Crippen molar-refractivity contribution in [2.45, 2.75) is 6.54 Å². The van der Waals surface area contributed by atoms with Gasteiger partial charge < -0.3 is 14.8 Å². The highest BCUT2D eigenvalue weighted by Crippen LogP contribution is 2.24. The Morgan fingerprint density at radius 1 is 1.12 bits per heavy atom. The fourth-order valence-corrected chi connectivity index (χ4v) is 2.45. The van der Waals surface area contributed by atoms with Gasteiger partial charge in [0.05, 0.1) is 37.1 Å². The molecule has 6 heteroatoms. The summed E-state index contributed by atoms with van der Waals surface area (Å²) in [6.45, 7) is 0.347. The molecule has 26 heavy (non-hydrogen) atoms. The van der Waals surface area contributed by atoms with Crippen LogP contribution in [0.25, 0.3) is 17.1 Å². The Balaban J connectivity index is 1.64. The molecule has 0 aliphatic rings. The lowest BCUT2D eigenvalue weighted by atomic mass is 10.2. The monoisotopic (exact) mass is 349 g/mol. The summed E-state index contributed by atoms with van der Waals surface area (Å²) in [5, 5.41) is 2.82. The van der Waals surface area contributed by atoms with Gasteiger partial charge in [0.15, 0.2) is 0 Å². The minimum Gasteiger partial charge on any atom is -0.497 e. The molecule has 0 aliphatic heterocycles. The first-order valence-corrected chi connectivity index (χ1v) is 8.08. The lowest BCUT2D eigenvalue weighted by molar-refractivity contribution is -0.116. The van der Waals surface area contributed by atoms with Crippen LogP contribution in [0.5, 0.6) is 11.5 Å². The van der Waals surface area contributed by atoms with Crippen LogP contribution in [0.3, 0.4) is 0 Å². The zero-order valence-corrected chi connectivity index (χ0v) is 14.6. The fraction of sp³-hybridized carbons (Fsp3) is 0.150. The Morgan fingerprint density at radius 3 is 2.69 bits per heavy atom. The number of carbonyl (C=O) groups is 1. The molecule has 0 unspecified atom stereocenters. The second kappa shape index (κ2) is 8.11. The molecule has 132 valence electrons. The van der Waals surface area contributed by atoms with E-state index in [1.54, 1.807) is 32.6 Å². The lowest BCUT2D eigenvalue weighted by Crippen LogP contribution is -2.20. The van der Waals surface area contributed by atoms with Gasteiger partial charge in [-0.05, 0) is 30.3 Å². The molecule has 0 saturated heterocycles. The van der Waals surface area contributed by atoms with Crippen molar-refractivity contribution in [3.8, 4) is 11.5 Å². The zero-order valence-electron chi connectivity index (χ0n) is 14.6. The standard InChI is InChI=1S/C20H19N3O3/c1-25-16-9-7-14(19(11-16)26-2)12-22-20(24)10-8-15-13-21-17-5-3-4-6-18(17)23-15/h3-11,13H,12H2,1-2H3,(H,22,24)/b10-8+. The summed E-state index contributed by atoms with van der Waals surface area (Å²) >= 11 is 0. The molecule has 3 rings (SSSR count). The molecule has 0 radical (unpaired) electrons. The molecule has 1 N–H and O–H groups in total. The molecule has 0 spiro atoms. The van der Waals surface area contributed by atoms with E-state index < -0.39 is 0 Å². The van der Waals surface area contributed by atoms with Crippen LogP contribution in [0.2, 0.25) is 0 Å². The number of methoxy groups -OCH3 is 2. The highest BCUT2D eigenvalue weighted by atomic mass is 16.5. The van der Waals surface area contributed by atoms with Gasteiger partial charge >= 0.3 is 0 Å². The topological polar surface area (TPSA) is 73.3 Å². The summed E-state index contributed by atoms with van der Waals surface area (Å²) in [5.74, 6) is 1.14. The maximum absolute atomic E-state index is 12.1. The predicted octanol–water partition coefficient (Wildman–Crippen LogP) is 2.98. The van der Waals surface area contributed by atoms with Gasteiger partial charge in [-0.1, -0.05) is 12.1 Å². The average molecular weight is 349 g/mol. The molecule has 3 aromatic rings. The zero-order chi connectivity index (χ0) is 18.4. The minimum atomic E-state index is -0.224. The Labute approximate surface area is 151 Å². The number of benzene rings is 2. The molecule has 0 fully saturated rings. The number of ether oxygens (including phenoxy) is 2. The summed E-state index contributed by atoms with van der Waals surface area (Å²) in [6, 6.07) is 13.1. The summed E-state index contributed by atoms with van der Waals surface area (Å²) in [4.78, 5) is 20.8. The Bertz CT molecular complexity index is 954. The van der Waals surface area contributed by atoms with Crippen LogP contribution in [0.15, 0.2) is 54.7 Å². The van der Waals surface area contributed by atoms with E-state index in [-0.39, 0.29) is 5.91 Å². The van der Waals surface area contributed by atoms with Crippen LogP contribution in [0.4, 0.5) is 0 Å². The third-order valence-corrected chi connectivity index (χ3v) is 3.82. The van der Waals surface area contributed by atoms with Crippen LogP contribution in [-0.4, -0.2) is 30.1 Å². The number of hydrogen-bond acceptors (Lipinski definition) is 5. The highest BCUT2D eigenvalue weighted by Gasteiger charge is 2.06. The first-order valence-electron chi connectivity index (χ1n) is 8.08. The highest BCUT2D eigenvalue weighted by molar-refractivity contribution is 5.91. The van der Waals surface area contributed by atoms with E-state index in [2.05, 4.69) is 15.3 Å². The maximum atomic E-state index is 12.1. The van der Waals surface area contributed by atoms with Crippen molar-refractivity contribution in [3.63, 3.8) is 0 Å². The number of hydrogen-bond donors (Lipinski definition) is 1. The first-order chi connectivity index (χ1) is 12.7. The van der Waals surface area contributed by atoms with Crippen LogP contribution < -0.4 is 14.8 Å². The normalized spacial score (nSPS) is 10.8. The van der Waals surface area contributed by atoms with Gasteiger partial charge in [-0.2, -0.15) is 0 Å². The Morgan fingerprint density at radius 2 is 1.92 bits per heavy atom. The number of nitrogens with one attached hydrogen (secondary N) is 1. The minimum absolute atomic E-state index is 0.224. The van der Waals surface area contributed by atoms with E-state index in [1.165, 1.54) is 6.08 Å². The molecular formula is C20H19N3O3. The number of para-hydroxylation sites is 2. The van der Waals surface area contributed by atoms with Crippen molar-refractivity contribution < 1.29 is 14.3 Å². The molecule has 1 aromatic heterocycles. The molecule has 2 aromatic carbocycles. The smallest absolute Gasteiger partial charge is 0.244 e.